The number of rotatable bonds is 5. The summed E-state index contributed by atoms with van der Waals surface area (Å²) in [4.78, 5) is 29.8. The number of nitrogens with zero attached hydrogens (tertiary/aromatic N) is 2. The first kappa shape index (κ1) is 14.3. The van der Waals surface area contributed by atoms with E-state index in [1.165, 1.54) is 0 Å². The van der Waals surface area contributed by atoms with Crippen LogP contribution in [0.3, 0.4) is 0 Å². The molecule has 8 heteroatoms. The number of hydrogen-bond donors (Lipinski definition) is 1. The molecule has 0 aliphatic heterocycles. The summed E-state index contributed by atoms with van der Waals surface area (Å²) >= 11 is 0. The molecule has 1 amide bonds. The van der Waals surface area contributed by atoms with Gasteiger partial charge in [-0.15, -0.1) is 0 Å². The van der Waals surface area contributed by atoms with Crippen LogP contribution in [0.2, 0.25) is 0 Å². The van der Waals surface area contributed by atoms with E-state index < -0.39 is 33.9 Å². The topological polar surface area (TPSA) is 115 Å². The maximum absolute atomic E-state index is 11.3. The number of hydrogen-bond acceptors (Lipinski definition) is 5. The van der Waals surface area contributed by atoms with Gasteiger partial charge in [0.2, 0.25) is 5.91 Å². The molecular formula is C8H15N3O5. The number of nitrogens with one attached hydrogen (secondary N) is 1. The van der Waals surface area contributed by atoms with Gasteiger partial charge in [-0.25, -0.2) is 0 Å². The lowest BCUT2D eigenvalue weighted by Crippen LogP contribution is -2.41. The Bertz CT molecular complexity index is 283. The Morgan fingerprint density at radius 2 is 1.69 bits per heavy atom. The third-order valence-electron chi connectivity index (χ3n) is 1.63. The molecule has 0 unspecified atom stereocenters. The summed E-state index contributed by atoms with van der Waals surface area (Å²) in [5.74, 6) is -0.429. The minimum atomic E-state index is -1.91. The first-order valence-corrected chi connectivity index (χ1v) is 4.71. The predicted octanol–water partition coefficient (Wildman–Crippen LogP) is 0.561. The molecule has 0 fully saturated rings. The van der Waals surface area contributed by atoms with Gasteiger partial charge in [0.25, 0.3) is 0 Å². The third-order valence-corrected chi connectivity index (χ3v) is 1.63. The molecule has 16 heavy (non-hydrogen) atoms. The Morgan fingerprint density at radius 3 is 2.00 bits per heavy atom. The lowest BCUT2D eigenvalue weighted by atomic mass is 10.1. The van der Waals surface area contributed by atoms with E-state index in [1.54, 1.807) is 20.8 Å². The van der Waals surface area contributed by atoms with Crippen LogP contribution in [-0.2, 0) is 4.79 Å². The van der Waals surface area contributed by atoms with E-state index in [-0.39, 0.29) is 6.42 Å². The third kappa shape index (κ3) is 5.89. The van der Waals surface area contributed by atoms with Crippen LogP contribution in [-0.4, -0.2) is 27.5 Å². The zero-order valence-electron chi connectivity index (χ0n) is 9.43. The summed E-state index contributed by atoms with van der Waals surface area (Å²) in [6, 6.07) is 0. The molecule has 0 aliphatic carbocycles. The van der Waals surface area contributed by atoms with Crippen LogP contribution in [0.4, 0.5) is 0 Å². The van der Waals surface area contributed by atoms with Crippen LogP contribution in [0.5, 0.6) is 0 Å². The van der Waals surface area contributed by atoms with E-state index in [9.17, 15) is 25.0 Å². The van der Waals surface area contributed by atoms with Gasteiger partial charge in [-0.2, -0.15) is 0 Å². The average Bonchev–Trinajstić information content (AvgIpc) is 1.98. The van der Waals surface area contributed by atoms with Crippen molar-refractivity contribution in [3.05, 3.63) is 20.2 Å². The van der Waals surface area contributed by atoms with Crippen molar-refractivity contribution in [2.24, 2.45) is 0 Å². The van der Waals surface area contributed by atoms with Gasteiger partial charge in [0.05, 0.1) is 16.3 Å². The van der Waals surface area contributed by atoms with Crippen molar-refractivity contribution in [1.82, 2.24) is 5.32 Å². The number of carbonyl (C=O) groups excluding carboxylic acids is 1. The summed E-state index contributed by atoms with van der Waals surface area (Å²) in [6.07, 6.45) is -2.54. The Labute approximate surface area is 92.3 Å². The van der Waals surface area contributed by atoms with E-state index in [4.69, 9.17) is 0 Å². The second kappa shape index (κ2) is 5.38. The minimum absolute atomic E-state index is 0.232. The number of carbonyl (C=O) groups is 1. The second-order valence-corrected chi connectivity index (χ2v) is 4.39. The zero-order valence-corrected chi connectivity index (χ0v) is 9.43. The predicted molar refractivity (Wildman–Crippen MR) is 54.9 cm³/mol. The SMILES string of the molecule is CC(C)(C)NC(=O)CCC([N+](=O)[O-])[N+](=O)[O-]. The molecule has 0 spiro atoms. The number of nitro groups is 2. The second-order valence-electron chi connectivity index (χ2n) is 4.39. The molecule has 0 heterocycles. The summed E-state index contributed by atoms with van der Waals surface area (Å²) in [5.41, 5.74) is -0.449. The first-order chi connectivity index (χ1) is 7.13. The fourth-order valence-electron chi connectivity index (χ4n) is 1.03. The van der Waals surface area contributed by atoms with Crippen molar-refractivity contribution in [1.29, 1.82) is 0 Å². The van der Waals surface area contributed by atoms with Gasteiger partial charge in [-0.1, -0.05) is 0 Å². The normalized spacial score (nSPS) is 11.2. The quantitative estimate of drug-likeness (QED) is 0.423. The fraction of sp³-hybridized carbons (Fsp3) is 0.875. The van der Waals surface area contributed by atoms with Gasteiger partial charge in [-0.3, -0.25) is 25.0 Å². The Kier molecular flexibility index (Phi) is 4.80. The number of amides is 1. The van der Waals surface area contributed by atoms with Gasteiger partial charge in [0.1, 0.15) is 0 Å². The monoisotopic (exact) mass is 233 g/mol. The Balaban J connectivity index is 4.18. The Morgan fingerprint density at radius 1 is 1.25 bits per heavy atom. The molecule has 1 N–H and O–H groups in total. The molecular weight excluding hydrogens is 218 g/mol. The van der Waals surface area contributed by atoms with Gasteiger partial charge in [0.15, 0.2) is 0 Å². The molecule has 0 saturated heterocycles. The molecule has 0 saturated carbocycles. The van der Waals surface area contributed by atoms with E-state index >= 15 is 0 Å². The van der Waals surface area contributed by atoms with Crippen LogP contribution < -0.4 is 5.32 Å². The highest BCUT2D eigenvalue weighted by Gasteiger charge is 2.32. The van der Waals surface area contributed by atoms with Crippen LogP contribution in [0, 0.1) is 20.2 Å². The van der Waals surface area contributed by atoms with E-state index in [1.807, 2.05) is 0 Å². The molecule has 0 aliphatic rings. The summed E-state index contributed by atoms with van der Waals surface area (Å²) in [5, 5.41) is 23.1. The first-order valence-electron chi connectivity index (χ1n) is 4.71. The van der Waals surface area contributed by atoms with Crippen molar-refractivity contribution in [2.45, 2.75) is 45.3 Å². The van der Waals surface area contributed by atoms with Crippen molar-refractivity contribution in [3.8, 4) is 0 Å². The molecule has 0 aromatic heterocycles. The molecule has 0 bridgehead atoms. The minimum Gasteiger partial charge on any atom is -0.352 e. The van der Waals surface area contributed by atoms with Gasteiger partial charge < -0.3 is 5.32 Å². The standard InChI is InChI=1S/C8H15N3O5/c1-8(2,3)9-6(12)4-5-7(10(13)14)11(15)16/h7H,4-5H2,1-3H3,(H,9,12). The smallest absolute Gasteiger partial charge is 0.352 e. The Hall–Kier alpha value is -1.73. The van der Waals surface area contributed by atoms with Crippen molar-refractivity contribution >= 4 is 5.91 Å². The lowest BCUT2D eigenvalue weighted by Gasteiger charge is -2.20. The largest absolute Gasteiger partial charge is 0.451 e. The molecule has 8 nitrogen and oxygen atoms in total. The van der Waals surface area contributed by atoms with Crippen LogP contribution in [0.15, 0.2) is 0 Å². The molecule has 0 aromatic carbocycles. The van der Waals surface area contributed by atoms with E-state index in [0.717, 1.165) is 0 Å². The van der Waals surface area contributed by atoms with Gasteiger partial charge >= 0.3 is 6.17 Å². The maximum atomic E-state index is 11.3. The highest BCUT2D eigenvalue weighted by atomic mass is 16.7. The molecule has 92 valence electrons. The summed E-state index contributed by atoms with van der Waals surface area (Å²) in [7, 11) is 0. The van der Waals surface area contributed by atoms with Crippen molar-refractivity contribution in [2.75, 3.05) is 0 Å². The average molecular weight is 233 g/mol. The highest BCUT2D eigenvalue weighted by Crippen LogP contribution is 2.05. The highest BCUT2D eigenvalue weighted by molar-refractivity contribution is 5.76. The van der Waals surface area contributed by atoms with Gasteiger partial charge in [0, 0.05) is 12.0 Å². The van der Waals surface area contributed by atoms with Crippen molar-refractivity contribution in [3.63, 3.8) is 0 Å². The zero-order chi connectivity index (χ0) is 12.9. The molecule has 0 aromatic rings. The molecule has 0 radical (unpaired) electrons. The molecule has 0 rings (SSSR count). The summed E-state index contributed by atoms with van der Waals surface area (Å²) in [6.45, 7) is 5.26. The fourth-order valence-corrected chi connectivity index (χ4v) is 1.03. The van der Waals surface area contributed by atoms with Gasteiger partial charge in [-0.05, 0) is 20.8 Å². The van der Waals surface area contributed by atoms with Crippen LogP contribution >= 0.6 is 0 Å². The van der Waals surface area contributed by atoms with Crippen LogP contribution in [0.1, 0.15) is 33.6 Å². The van der Waals surface area contributed by atoms with Crippen LogP contribution in [0.25, 0.3) is 0 Å². The maximum Gasteiger partial charge on any atom is 0.451 e. The van der Waals surface area contributed by atoms with E-state index in [0.29, 0.717) is 0 Å². The lowest BCUT2D eigenvalue weighted by molar-refractivity contribution is -0.742. The molecule has 0 atom stereocenters. The van der Waals surface area contributed by atoms with Crippen molar-refractivity contribution < 1.29 is 14.6 Å². The summed E-state index contributed by atoms with van der Waals surface area (Å²) < 4.78 is 0. The van der Waals surface area contributed by atoms with E-state index in [2.05, 4.69) is 5.32 Å².